The van der Waals surface area contributed by atoms with Crippen LogP contribution in [0.1, 0.15) is 46.5 Å². The summed E-state index contributed by atoms with van der Waals surface area (Å²) in [4.78, 5) is 24.5. The molecular weight excluding hydrogens is 350 g/mol. The maximum absolute atomic E-state index is 12.6. The van der Waals surface area contributed by atoms with Crippen LogP contribution in [0, 0.1) is 5.92 Å². The van der Waals surface area contributed by atoms with Crippen molar-refractivity contribution >= 4 is 33.5 Å². The number of ketones is 1. The predicted molar refractivity (Wildman–Crippen MR) is 97.2 cm³/mol. The van der Waals surface area contributed by atoms with Crippen molar-refractivity contribution in [2.24, 2.45) is 5.92 Å². The lowest BCUT2D eigenvalue weighted by molar-refractivity contribution is -0.122. The first-order valence-corrected chi connectivity index (χ1v) is 11.5. The fourth-order valence-corrected chi connectivity index (χ4v) is 4.63. The van der Waals surface area contributed by atoms with Crippen molar-refractivity contribution in [3.8, 4) is 0 Å². The summed E-state index contributed by atoms with van der Waals surface area (Å²) in [6, 6.07) is -0.578. The molecule has 0 aromatic heterocycles. The highest BCUT2D eigenvalue weighted by atomic mass is 32.2. The van der Waals surface area contributed by atoms with Crippen LogP contribution in [0.4, 0.5) is 4.79 Å². The summed E-state index contributed by atoms with van der Waals surface area (Å²) >= 11 is 1.61. The van der Waals surface area contributed by atoms with E-state index in [2.05, 4.69) is 5.32 Å². The molecule has 140 valence electrons. The Bertz CT molecular complexity index is 525. The van der Waals surface area contributed by atoms with E-state index < -0.39 is 27.6 Å². The van der Waals surface area contributed by atoms with Gasteiger partial charge in [0.25, 0.3) is 0 Å². The number of hydrogen-bond acceptors (Lipinski definition) is 6. The number of carbonyl (C=O) groups excluding carboxylic acids is 2. The Balaban J connectivity index is 2.59. The SMILES string of the molecule is CSCCC(NC(=O)OC(C)(C)C)C(=O)CC1CCS(=O)(=O)CC1. The van der Waals surface area contributed by atoms with Crippen LogP contribution in [0.15, 0.2) is 0 Å². The summed E-state index contributed by atoms with van der Waals surface area (Å²) in [5.74, 6) is 1.10. The third-order valence-electron chi connectivity index (χ3n) is 3.85. The minimum absolute atomic E-state index is 0.0424. The van der Waals surface area contributed by atoms with E-state index in [1.54, 1.807) is 32.5 Å². The first-order valence-electron chi connectivity index (χ1n) is 8.24. The van der Waals surface area contributed by atoms with Gasteiger partial charge in [0.05, 0.1) is 17.5 Å². The number of nitrogens with one attached hydrogen (secondary N) is 1. The van der Waals surface area contributed by atoms with E-state index in [0.29, 0.717) is 25.7 Å². The second kappa shape index (κ2) is 9.08. The molecule has 1 unspecified atom stereocenters. The largest absolute Gasteiger partial charge is 0.444 e. The molecule has 1 aliphatic heterocycles. The molecule has 0 aliphatic carbocycles. The van der Waals surface area contributed by atoms with E-state index in [9.17, 15) is 18.0 Å². The van der Waals surface area contributed by atoms with Crippen LogP contribution >= 0.6 is 11.8 Å². The Hall–Kier alpha value is -0.760. The molecule has 0 spiro atoms. The number of rotatable bonds is 7. The first-order chi connectivity index (χ1) is 11.0. The Morgan fingerprint density at radius 1 is 1.25 bits per heavy atom. The molecule has 1 N–H and O–H groups in total. The molecule has 1 rings (SSSR count). The number of amides is 1. The van der Waals surface area contributed by atoms with Crippen LogP contribution in [-0.4, -0.2) is 55.5 Å². The van der Waals surface area contributed by atoms with Crippen molar-refractivity contribution in [1.82, 2.24) is 5.32 Å². The van der Waals surface area contributed by atoms with Crippen LogP contribution < -0.4 is 5.32 Å². The molecule has 0 bridgehead atoms. The lowest BCUT2D eigenvalue weighted by atomic mass is 9.93. The number of hydrogen-bond donors (Lipinski definition) is 1. The summed E-state index contributed by atoms with van der Waals surface area (Å²) in [6.07, 6.45) is 3.26. The van der Waals surface area contributed by atoms with E-state index in [0.717, 1.165) is 5.75 Å². The van der Waals surface area contributed by atoms with Gasteiger partial charge in [-0.2, -0.15) is 11.8 Å². The Morgan fingerprint density at radius 2 is 1.83 bits per heavy atom. The highest BCUT2D eigenvalue weighted by Crippen LogP contribution is 2.23. The van der Waals surface area contributed by atoms with Crippen molar-refractivity contribution in [3.05, 3.63) is 0 Å². The quantitative estimate of drug-likeness (QED) is 0.731. The van der Waals surface area contributed by atoms with Gasteiger partial charge in [-0.3, -0.25) is 4.79 Å². The van der Waals surface area contributed by atoms with E-state index in [4.69, 9.17) is 4.74 Å². The second-order valence-corrected chi connectivity index (χ2v) is 10.5. The number of Topliss-reactive ketones (excluding diaryl/α,β-unsaturated/α-hetero) is 1. The van der Waals surface area contributed by atoms with Crippen LogP contribution in [0.5, 0.6) is 0 Å². The molecule has 0 radical (unpaired) electrons. The zero-order valence-electron chi connectivity index (χ0n) is 15.0. The van der Waals surface area contributed by atoms with Crippen LogP contribution in [-0.2, 0) is 19.4 Å². The number of ether oxygens (including phenoxy) is 1. The molecule has 1 heterocycles. The van der Waals surface area contributed by atoms with Crippen LogP contribution in [0.3, 0.4) is 0 Å². The lowest BCUT2D eigenvalue weighted by Gasteiger charge is -2.25. The fourth-order valence-electron chi connectivity index (χ4n) is 2.57. The Morgan fingerprint density at radius 3 is 2.33 bits per heavy atom. The zero-order chi connectivity index (χ0) is 18.4. The summed E-state index contributed by atoms with van der Waals surface area (Å²) in [7, 11) is -2.93. The Labute approximate surface area is 149 Å². The molecule has 0 saturated carbocycles. The van der Waals surface area contributed by atoms with Crippen molar-refractivity contribution in [3.63, 3.8) is 0 Å². The number of carbonyl (C=O) groups is 2. The number of thioether (sulfide) groups is 1. The topological polar surface area (TPSA) is 89.5 Å². The molecule has 6 nitrogen and oxygen atoms in total. The monoisotopic (exact) mass is 379 g/mol. The Kier molecular flexibility index (Phi) is 8.05. The normalized spacial score (nSPS) is 19.5. The summed E-state index contributed by atoms with van der Waals surface area (Å²) in [5.41, 5.74) is -0.616. The maximum atomic E-state index is 12.6. The molecule has 1 atom stereocenters. The van der Waals surface area contributed by atoms with Gasteiger partial charge in [0, 0.05) is 6.42 Å². The van der Waals surface area contributed by atoms with Gasteiger partial charge < -0.3 is 10.1 Å². The van der Waals surface area contributed by atoms with Crippen LogP contribution in [0.25, 0.3) is 0 Å². The van der Waals surface area contributed by atoms with E-state index >= 15 is 0 Å². The van der Waals surface area contributed by atoms with Crippen molar-refractivity contribution in [2.75, 3.05) is 23.5 Å². The van der Waals surface area contributed by atoms with Gasteiger partial charge in [0.2, 0.25) is 0 Å². The first kappa shape index (κ1) is 21.3. The molecule has 8 heteroatoms. The maximum Gasteiger partial charge on any atom is 0.408 e. The van der Waals surface area contributed by atoms with Gasteiger partial charge in [-0.05, 0) is 58.0 Å². The summed E-state index contributed by atoms with van der Waals surface area (Å²) in [6.45, 7) is 5.31. The summed E-state index contributed by atoms with van der Waals surface area (Å²) in [5, 5.41) is 2.67. The third-order valence-corrected chi connectivity index (χ3v) is 6.21. The molecule has 1 amide bonds. The molecule has 1 aliphatic rings. The lowest BCUT2D eigenvalue weighted by Crippen LogP contribution is -2.44. The smallest absolute Gasteiger partial charge is 0.408 e. The molecule has 1 fully saturated rings. The highest BCUT2D eigenvalue weighted by Gasteiger charge is 2.29. The standard InChI is InChI=1S/C16H29NO5S2/c1-16(2,3)22-15(19)17-13(5-8-23-4)14(18)11-12-6-9-24(20,21)10-7-12/h12-13H,5-11H2,1-4H3,(H,17,19). The zero-order valence-corrected chi connectivity index (χ0v) is 16.6. The minimum atomic E-state index is -2.93. The van der Waals surface area contributed by atoms with Gasteiger partial charge >= 0.3 is 6.09 Å². The van der Waals surface area contributed by atoms with E-state index in [1.807, 2.05) is 6.26 Å². The molecular formula is C16H29NO5S2. The average Bonchev–Trinajstić information content (AvgIpc) is 2.43. The molecule has 24 heavy (non-hydrogen) atoms. The number of alkyl carbamates (subject to hydrolysis) is 1. The average molecular weight is 380 g/mol. The highest BCUT2D eigenvalue weighted by molar-refractivity contribution is 7.98. The van der Waals surface area contributed by atoms with Crippen molar-refractivity contribution in [2.45, 2.75) is 58.1 Å². The molecule has 0 aromatic rings. The van der Waals surface area contributed by atoms with Gasteiger partial charge in [-0.15, -0.1) is 0 Å². The van der Waals surface area contributed by atoms with Gasteiger partial charge in [0.15, 0.2) is 5.78 Å². The molecule has 0 aromatic carbocycles. The summed E-state index contributed by atoms with van der Waals surface area (Å²) < 4.78 is 28.2. The third kappa shape index (κ3) is 8.37. The predicted octanol–water partition coefficient (Wildman–Crippen LogP) is 2.42. The van der Waals surface area contributed by atoms with Crippen molar-refractivity contribution < 1.29 is 22.7 Å². The number of sulfone groups is 1. The van der Waals surface area contributed by atoms with E-state index in [-0.39, 0.29) is 23.2 Å². The van der Waals surface area contributed by atoms with Crippen LogP contribution in [0.2, 0.25) is 0 Å². The molecule has 1 saturated heterocycles. The van der Waals surface area contributed by atoms with Gasteiger partial charge in [-0.25, -0.2) is 13.2 Å². The van der Waals surface area contributed by atoms with Crippen molar-refractivity contribution in [1.29, 1.82) is 0 Å². The van der Waals surface area contributed by atoms with Gasteiger partial charge in [-0.1, -0.05) is 0 Å². The van der Waals surface area contributed by atoms with Gasteiger partial charge in [0.1, 0.15) is 15.4 Å². The van der Waals surface area contributed by atoms with E-state index in [1.165, 1.54) is 0 Å². The second-order valence-electron chi connectivity index (χ2n) is 7.25. The minimum Gasteiger partial charge on any atom is -0.444 e. The fraction of sp³-hybridized carbons (Fsp3) is 0.875.